The number of pyridine rings is 1. The number of halogens is 1. The van der Waals surface area contributed by atoms with Gasteiger partial charge in [-0.25, -0.2) is 4.79 Å². The van der Waals surface area contributed by atoms with Crippen molar-refractivity contribution in [2.45, 2.75) is 18.1 Å². The molecular formula is C30H24ClNO3S2. The van der Waals surface area contributed by atoms with Crippen LogP contribution in [0.3, 0.4) is 0 Å². The normalized spacial score (nSPS) is 11.5. The largest absolute Gasteiger partial charge is 0.462 e. The molecule has 7 heteroatoms. The van der Waals surface area contributed by atoms with Crippen LogP contribution in [0, 0.1) is 6.92 Å². The minimum atomic E-state index is -0.427. The molecule has 0 radical (unpaired) electrons. The summed E-state index contributed by atoms with van der Waals surface area (Å²) in [6.45, 7) is 4.02. The number of hydrogen-bond acceptors (Lipinski definition) is 5. The maximum absolute atomic E-state index is 13.8. The average molecular weight is 546 g/mol. The summed E-state index contributed by atoms with van der Waals surface area (Å²) >= 11 is 9.13. The minimum Gasteiger partial charge on any atom is -0.462 e. The highest BCUT2D eigenvalue weighted by atomic mass is 35.5. The summed E-state index contributed by atoms with van der Waals surface area (Å²) in [4.78, 5) is 27.5. The molecule has 0 aliphatic rings. The Morgan fingerprint density at radius 3 is 2.57 bits per heavy atom. The van der Waals surface area contributed by atoms with Crippen LogP contribution in [0.2, 0.25) is 5.02 Å². The number of thiophene rings is 1. The quantitative estimate of drug-likeness (QED) is 0.112. The molecule has 5 rings (SSSR count). The van der Waals surface area contributed by atoms with E-state index in [9.17, 15) is 9.59 Å². The van der Waals surface area contributed by atoms with Crippen LogP contribution in [0.5, 0.6) is 0 Å². The number of carbonyl (C=O) groups is 2. The summed E-state index contributed by atoms with van der Waals surface area (Å²) in [7, 11) is 0. The van der Waals surface area contributed by atoms with E-state index in [-0.39, 0.29) is 12.4 Å². The molecule has 0 atom stereocenters. The maximum Gasteiger partial charge on any atom is 0.341 e. The molecule has 0 spiro atoms. The second kappa shape index (κ2) is 11.0. The molecule has 4 nitrogen and oxygen atoms in total. The smallest absolute Gasteiger partial charge is 0.341 e. The number of nitrogens with zero attached hydrogens (tertiary/aromatic N) is 1. The molecule has 0 saturated carbocycles. The first kappa shape index (κ1) is 25.3. The number of carbonyl (C=O) groups excluding carboxylic acids is 2. The highest BCUT2D eigenvalue weighted by molar-refractivity contribution is 8.01. The van der Waals surface area contributed by atoms with Gasteiger partial charge in [0, 0.05) is 27.9 Å². The standard InChI is InChI=1S/C30H24ClNO3S2/c1-3-35-29(34)24-23-18-19(2)15-16-32(23)26-25(24)28(27(33)21-11-13-22(31)14-12-21)37-30(26)36-17-7-10-20-8-5-4-6-9-20/h4-16,18H,3,17H2,1-2H3/b10-7+. The predicted molar refractivity (Wildman–Crippen MR) is 155 cm³/mol. The van der Waals surface area contributed by atoms with Crippen molar-refractivity contribution in [2.75, 3.05) is 12.4 Å². The number of hydrogen-bond donors (Lipinski definition) is 0. The first-order valence-corrected chi connectivity index (χ1v) is 14.0. The molecule has 0 saturated heterocycles. The van der Waals surface area contributed by atoms with E-state index in [1.165, 1.54) is 11.3 Å². The Bertz CT molecular complexity index is 1630. The van der Waals surface area contributed by atoms with Crippen LogP contribution in [0.15, 0.2) is 83.2 Å². The molecule has 186 valence electrons. The van der Waals surface area contributed by atoms with E-state index >= 15 is 0 Å². The van der Waals surface area contributed by atoms with Crippen molar-refractivity contribution in [3.8, 4) is 0 Å². The fraction of sp³-hybridized carbons (Fsp3) is 0.133. The van der Waals surface area contributed by atoms with E-state index in [2.05, 4.69) is 24.3 Å². The highest BCUT2D eigenvalue weighted by Crippen LogP contribution is 2.44. The van der Waals surface area contributed by atoms with Gasteiger partial charge in [-0.2, -0.15) is 0 Å². The SMILES string of the molecule is CCOC(=O)c1c2c(C(=O)c3ccc(Cl)cc3)sc(SC/C=C/c3ccccc3)c2n2ccc(C)cc12. The van der Waals surface area contributed by atoms with Gasteiger partial charge in [-0.3, -0.25) is 4.79 Å². The molecule has 3 aromatic heterocycles. The highest BCUT2D eigenvalue weighted by Gasteiger charge is 2.29. The van der Waals surface area contributed by atoms with Crippen LogP contribution in [0.25, 0.3) is 22.5 Å². The molecule has 0 aliphatic heterocycles. The Hall–Kier alpha value is -3.32. The van der Waals surface area contributed by atoms with Gasteiger partial charge in [0.25, 0.3) is 0 Å². The zero-order valence-corrected chi connectivity index (χ0v) is 22.8. The van der Waals surface area contributed by atoms with E-state index in [0.717, 1.165) is 26.4 Å². The molecule has 0 bridgehead atoms. The van der Waals surface area contributed by atoms with Gasteiger partial charge in [0.15, 0.2) is 0 Å². The Balaban J connectivity index is 1.67. The Morgan fingerprint density at radius 1 is 1.08 bits per heavy atom. The third kappa shape index (κ3) is 5.10. The maximum atomic E-state index is 13.8. The lowest BCUT2D eigenvalue weighted by Gasteiger charge is -2.05. The van der Waals surface area contributed by atoms with Gasteiger partial charge in [0.05, 0.1) is 32.3 Å². The van der Waals surface area contributed by atoms with Gasteiger partial charge in [-0.15, -0.1) is 23.1 Å². The zero-order chi connectivity index (χ0) is 25.9. The number of aromatic nitrogens is 1. The Morgan fingerprint density at radius 2 is 1.84 bits per heavy atom. The number of fused-ring (bicyclic) bond motifs is 3. The second-order valence-corrected chi connectivity index (χ2v) is 11.2. The lowest BCUT2D eigenvalue weighted by Crippen LogP contribution is -2.06. The molecule has 0 unspecified atom stereocenters. The number of esters is 1. The van der Waals surface area contributed by atoms with Crippen molar-refractivity contribution < 1.29 is 14.3 Å². The third-order valence-electron chi connectivity index (χ3n) is 5.92. The first-order chi connectivity index (χ1) is 18.0. The predicted octanol–water partition coefficient (Wildman–Crippen LogP) is 8.33. The average Bonchev–Trinajstić information content (AvgIpc) is 3.42. The van der Waals surface area contributed by atoms with Crippen LogP contribution in [-0.2, 0) is 4.74 Å². The van der Waals surface area contributed by atoms with Crippen molar-refractivity contribution in [3.63, 3.8) is 0 Å². The van der Waals surface area contributed by atoms with Crippen LogP contribution in [0.4, 0.5) is 0 Å². The molecule has 0 aliphatic carbocycles. The van der Waals surface area contributed by atoms with Crippen molar-refractivity contribution in [2.24, 2.45) is 0 Å². The van der Waals surface area contributed by atoms with Crippen molar-refractivity contribution in [1.82, 2.24) is 4.40 Å². The van der Waals surface area contributed by atoms with Crippen LogP contribution >= 0.6 is 34.7 Å². The number of thioether (sulfide) groups is 1. The molecule has 3 heterocycles. The van der Waals surface area contributed by atoms with Gasteiger partial charge >= 0.3 is 5.97 Å². The Kier molecular flexibility index (Phi) is 7.51. The molecule has 2 aromatic carbocycles. The van der Waals surface area contributed by atoms with E-state index in [0.29, 0.717) is 32.2 Å². The summed E-state index contributed by atoms with van der Waals surface area (Å²) in [5.41, 5.74) is 4.70. The zero-order valence-electron chi connectivity index (χ0n) is 20.4. The lowest BCUT2D eigenvalue weighted by atomic mass is 10.1. The van der Waals surface area contributed by atoms with E-state index < -0.39 is 5.97 Å². The molecule has 0 amide bonds. The van der Waals surface area contributed by atoms with Crippen molar-refractivity contribution in [3.05, 3.63) is 111 Å². The fourth-order valence-corrected chi connectivity index (χ4v) is 6.74. The van der Waals surface area contributed by atoms with Crippen LogP contribution in [0.1, 0.15) is 43.6 Å². The molecule has 37 heavy (non-hydrogen) atoms. The van der Waals surface area contributed by atoms with Gasteiger partial charge in [0.2, 0.25) is 5.78 Å². The van der Waals surface area contributed by atoms with Crippen LogP contribution < -0.4 is 0 Å². The first-order valence-electron chi connectivity index (χ1n) is 11.9. The third-order valence-corrected chi connectivity index (χ3v) is 8.56. The number of benzene rings is 2. The number of ether oxygens (including phenoxy) is 1. The second-order valence-electron chi connectivity index (χ2n) is 8.46. The van der Waals surface area contributed by atoms with Gasteiger partial charge in [-0.05, 0) is 61.4 Å². The van der Waals surface area contributed by atoms with Gasteiger partial charge < -0.3 is 9.14 Å². The number of rotatable bonds is 8. The summed E-state index contributed by atoms with van der Waals surface area (Å²) < 4.78 is 8.44. The molecule has 5 aromatic rings. The summed E-state index contributed by atoms with van der Waals surface area (Å²) in [5, 5.41) is 1.20. The topological polar surface area (TPSA) is 47.8 Å². The molecule has 0 N–H and O–H groups in total. The van der Waals surface area contributed by atoms with E-state index in [1.807, 2.05) is 47.9 Å². The minimum absolute atomic E-state index is 0.142. The van der Waals surface area contributed by atoms with Crippen molar-refractivity contribution in [1.29, 1.82) is 0 Å². The summed E-state index contributed by atoms with van der Waals surface area (Å²) in [6, 6.07) is 20.9. The van der Waals surface area contributed by atoms with Gasteiger partial charge in [-0.1, -0.05) is 54.1 Å². The summed E-state index contributed by atoms with van der Waals surface area (Å²) in [5.74, 6) is 0.146. The number of aryl methyl sites for hydroxylation is 1. The molecule has 0 fully saturated rings. The molecular weight excluding hydrogens is 522 g/mol. The lowest BCUT2D eigenvalue weighted by molar-refractivity contribution is 0.0531. The monoisotopic (exact) mass is 545 g/mol. The fourth-order valence-electron chi connectivity index (χ4n) is 4.25. The van der Waals surface area contributed by atoms with Gasteiger partial charge in [0.1, 0.15) is 0 Å². The van der Waals surface area contributed by atoms with E-state index in [1.54, 1.807) is 43.0 Å². The van der Waals surface area contributed by atoms with Crippen LogP contribution in [-0.4, -0.2) is 28.5 Å². The number of ketones is 1. The Labute approximate surface area is 228 Å². The summed E-state index contributed by atoms with van der Waals surface area (Å²) in [6.07, 6.45) is 6.16. The van der Waals surface area contributed by atoms with Crippen molar-refractivity contribution >= 4 is 68.9 Å². The van der Waals surface area contributed by atoms with E-state index in [4.69, 9.17) is 16.3 Å².